The average Bonchev–Trinajstić information content (AvgIpc) is 3.13. The van der Waals surface area contributed by atoms with Crippen LogP contribution < -0.4 is 4.90 Å². The van der Waals surface area contributed by atoms with Crippen molar-refractivity contribution in [2.45, 2.75) is 6.42 Å². The van der Waals surface area contributed by atoms with Gasteiger partial charge in [0.15, 0.2) is 0 Å². The van der Waals surface area contributed by atoms with Crippen molar-refractivity contribution >= 4 is 17.5 Å². The molecule has 1 aromatic carbocycles. The standard InChI is InChI=1S/C16H11FN2O2/c17-11-2-1-3-12(10(11)7-18)19-15(20)13-8-4-5-9(6-8)14(13)16(19)21/h1-5,8-9,13-14H,6H2. The molecule has 0 aromatic heterocycles. The second-order valence-corrected chi connectivity index (χ2v) is 5.76. The summed E-state index contributed by atoms with van der Waals surface area (Å²) in [6.45, 7) is 0. The lowest BCUT2D eigenvalue weighted by Gasteiger charge is -2.18. The molecule has 4 rings (SSSR count). The van der Waals surface area contributed by atoms with Crippen LogP contribution in [0.5, 0.6) is 0 Å². The van der Waals surface area contributed by atoms with E-state index in [0.29, 0.717) is 0 Å². The van der Waals surface area contributed by atoms with Crippen LogP contribution in [0.2, 0.25) is 0 Å². The number of halogens is 1. The summed E-state index contributed by atoms with van der Waals surface area (Å²) in [6, 6.07) is 5.76. The third kappa shape index (κ3) is 1.42. The number of benzene rings is 1. The zero-order chi connectivity index (χ0) is 14.7. The van der Waals surface area contributed by atoms with Gasteiger partial charge in [-0.1, -0.05) is 18.2 Å². The molecule has 104 valence electrons. The normalized spacial score (nSPS) is 32.7. The number of carbonyl (C=O) groups is 2. The van der Waals surface area contributed by atoms with Gasteiger partial charge in [0.05, 0.1) is 17.5 Å². The highest BCUT2D eigenvalue weighted by molar-refractivity contribution is 6.23. The summed E-state index contributed by atoms with van der Waals surface area (Å²) >= 11 is 0. The zero-order valence-corrected chi connectivity index (χ0v) is 11.0. The molecule has 1 saturated heterocycles. The molecule has 1 aromatic rings. The average molecular weight is 282 g/mol. The number of nitriles is 1. The Morgan fingerprint density at radius 2 is 1.76 bits per heavy atom. The van der Waals surface area contributed by atoms with Crippen molar-refractivity contribution in [2.75, 3.05) is 4.90 Å². The lowest BCUT2D eigenvalue weighted by molar-refractivity contribution is -0.123. The van der Waals surface area contributed by atoms with E-state index in [9.17, 15) is 14.0 Å². The maximum absolute atomic E-state index is 13.7. The van der Waals surface area contributed by atoms with E-state index < -0.39 is 5.82 Å². The first-order valence-electron chi connectivity index (χ1n) is 6.88. The zero-order valence-electron chi connectivity index (χ0n) is 11.0. The molecule has 2 bridgehead atoms. The molecule has 1 aliphatic heterocycles. The number of imide groups is 1. The molecular weight excluding hydrogens is 271 g/mol. The minimum absolute atomic E-state index is 0.0706. The molecule has 0 N–H and O–H groups in total. The molecule has 2 fully saturated rings. The van der Waals surface area contributed by atoms with Gasteiger partial charge in [-0.15, -0.1) is 0 Å². The Morgan fingerprint density at radius 3 is 2.33 bits per heavy atom. The Morgan fingerprint density at radius 1 is 1.14 bits per heavy atom. The fraction of sp³-hybridized carbons (Fsp3) is 0.312. The summed E-state index contributed by atoms with van der Waals surface area (Å²) < 4.78 is 13.7. The number of rotatable bonds is 1. The third-order valence-corrected chi connectivity index (χ3v) is 4.81. The predicted molar refractivity (Wildman–Crippen MR) is 71.3 cm³/mol. The Balaban J connectivity index is 1.82. The maximum atomic E-state index is 13.7. The number of carbonyl (C=O) groups excluding carboxylic acids is 2. The van der Waals surface area contributed by atoms with Crippen molar-refractivity contribution in [3.05, 3.63) is 41.7 Å². The summed E-state index contributed by atoms with van der Waals surface area (Å²) in [7, 11) is 0. The van der Waals surface area contributed by atoms with Gasteiger partial charge in [0, 0.05) is 0 Å². The molecular formula is C16H11FN2O2. The first-order chi connectivity index (χ1) is 10.1. The van der Waals surface area contributed by atoms with Crippen LogP contribution in [0.4, 0.5) is 10.1 Å². The summed E-state index contributed by atoms with van der Waals surface area (Å²) in [4.78, 5) is 26.2. The van der Waals surface area contributed by atoms with Gasteiger partial charge in [-0.05, 0) is 30.4 Å². The van der Waals surface area contributed by atoms with Gasteiger partial charge < -0.3 is 0 Å². The van der Waals surface area contributed by atoms with Crippen LogP contribution in [-0.2, 0) is 9.59 Å². The highest BCUT2D eigenvalue weighted by atomic mass is 19.1. The summed E-state index contributed by atoms with van der Waals surface area (Å²) in [5.74, 6) is -1.81. The molecule has 0 radical (unpaired) electrons. The van der Waals surface area contributed by atoms with E-state index in [0.717, 1.165) is 17.4 Å². The summed E-state index contributed by atoms with van der Waals surface area (Å²) in [5.41, 5.74) is -0.180. The lowest BCUT2D eigenvalue weighted by atomic mass is 9.85. The summed E-state index contributed by atoms with van der Waals surface area (Å²) in [5, 5.41) is 9.10. The van der Waals surface area contributed by atoms with Crippen LogP contribution in [-0.4, -0.2) is 11.8 Å². The molecule has 21 heavy (non-hydrogen) atoms. The number of hydrogen-bond acceptors (Lipinski definition) is 3. The van der Waals surface area contributed by atoms with Gasteiger partial charge in [0.1, 0.15) is 17.4 Å². The van der Waals surface area contributed by atoms with Gasteiger partial charge in [0.2, 0.25) is 11.8 Å². The molecule has 0 spiro atoms. The van der Waals surface area contributed by atoms with E-state index in [4.69, 9.17) is 5.26 Å². The second-order valence-electron chi connectivity index (χ2n) is 5.76. The monoisotopic (exact) mass is 282 g/mol. The number of nitrogens with zero attached hydrogens (tertiary/aromatic N) is 2. The highest BCUT2D eigenvalue weighted by Crippen LogP contribution is 2.53. The van der Waals surface area contributed by atoms with Crippen molar-refractivity contribution in [1.82, 2.24) is 0 Å². The lowest BCUT2D eigenvalue weighted by Crippen LogP contribution is -2.33. The van der Waals surface area contributed by atoms with Crippen LogP contribution in [0, 0.1) is 40.8 Å². The van der Waals surface area contributed by atoms with E-state index in [-0.39, 0.29) is 46.7 Å². The molecule has 1 saturated carbocycles. The number of hydrogen-bond donors (Lipinski definition) is 0. The minimum atomic E-state index is -0.714. The topological polar surface area (TPSA) is 61.2 Å². The molecule has 2 amide bonds. The number of anilines is 1. The molecule has 4 nitrogen and oxygen atoms in total. The fourth-order valence-corrected chi connectivity index (χ4v) is 3.95. The van der Waals surface area contributed by atoms with Crippen molar-refractivity contribution in [3.8, 4) is 6.07 Å². The second kappa shape index (κ2) is 4.01. The molecule has 1 heterocycles. The van der Waals surface area contributed by atoms with E-state index in [1.165, 1.54) is 12.1 Å². The molecule has 4 unspecified atom stereocenters. The van der Waals surface area contributed by atoms with Crippen LogP contribution in [0.25, 0.3) is 0 Å². The quantitative estimate of drug-likeness (QED) is 0.584. The number of amides is 2. The summed E-state index contributed by atoms with van der Waals surface area (Å²) in [6.07, 6.45) is 4.84. The number of allylic oxidation sites excluding steroid dienone is 2. The van der Waals surface area contributed by atoms with Gasteiger partial charge in [-0.25, -0.2) is 9.29 Å². The smallest absolute Gasteiger partial charge is 0.238 e. The van der Waals surface area contributed by atoms with E-state index in [2.05, 4.69) is 0 Å². The largest absolute Gasteiger partial charge is 0.274 e. The van der Waals surface area contributed by atoms with E-state index in [1.54, 1.807) is 6.07 Å². The van der Waals surface area contributed by atoms with Gasteiger partial charge in [-0.3, -0.25) is 9.59 Å². The first kappa shape index (κ1) is 12.3. The Hall–Kier alpha value is -2.48. The van der Waals surface area contributed by atoms with E-state index >= 15 is 0 Å². The Kier molecular flexibility index (Phi) is 2.35. The van der Waals surface area contributed by atoms with Crippen LogP contribution in [0.3, 0.4) is 0 Å². The van der Waals surface area contributed by atoms with Gasteiger partial charge in [0.25, 0.3) is 0 Å². The SMILES string of the molecule is N#Cc1c(F)cccc1N1C(=O)C2C3C=CC(C3)C2C1=O. The highest BCUT2D eigenvalue weighted by Gasteiger charge is 2.59. The van der Waals surface area contributed by atoms with Gasteiger partial charge >= 0.3 is 0 Å². The third-order valence-electron chi connectivity index (χ3n) is 4.81. The number of fused-ring (bicyclic) bond motifs is 5. The van der Waals surface area contributed by atoms with Crippen molar-refractivity contribution < 1.29 is 14.0 Å². The van der Waals surface area contributed by atoms with Crippen LogP contribution in [0.1, 0.15) is 12.0 Å². The van der Waals surface area contributed by atoms with E-state index in [1.807, 2.05) is 12.2 Å². The van der Waals surface area contributed by atoms with Crippen molar-refractivity contribution in [1.29, 1.82) is 5.26 Å². The van der Waals surface area contributed by atoms with Gasteiger partial charge in [-0.2, -0.15) is 5.26 Å². The minimum Gasteiger partial charge on any atom is -0.274 e. The van der Waals surface area contributed by atoms with Crippen molar-refractivity contribution in [3.63, 3.8) is 0 Å². The Labute approximate surface area is 120 Å². The molecule has 3 aliphatic rings. The molecule has 2 aliphatic carbocycles. The Bertz CT molecular complexity index is 719. The maximum Gasteiger partial charge on any atom is 0.238 e. The first-order valence-corrected chi connectivity index (χ1v) is 6.88. The fourth-order valence-electron chi connectivity index (χ4n) is 3.95. The molecule has 5 heteroatoms. The molecule has 4 atom stereocenters. The van der Waals surface area contributed by atoms with Crippen molar-refractivity contribution in [2.24, 2.45) is 23.7 Å². The van der Waals surface area contributed by atoms with Crippen LogP contribution in [0.15, 0.2) is 30.4 Å². The van der Waals surface area contributed by atoms with Crippen LogP contribution >= 0.6 is 0 Å². The predicted octanol–water partition coefficient (Wildman–Crippen LogP) is 2.01.